The van der Waals surface area contributed by atoms with Crippen molar-refractivity contribution in [3.05, 3.63) is 17.7 Å². The van der Waals surface area contributed by atoms with Crippen molar-refractivity contribution in [1.29, 1.82) is 0 Å². The van der Waals surface area contributed by atoms with Gasteiger partial charge in [-0.2, -0.15) is 0 Å². The second-order valence-corrected chi connectivity index (χ2v) is 9.09. The SMILES string of the molecule is COC(=O)CCCOc1cc2c(cc1OC)C(=O)N1CCCC[C@H]1C(OC1CCCCO1)N2C(=O)O. The summed E-state index contributed by atoms with van der Waals surface area (Å²) >= 11 is 0. The number of hydrogen-bond donors (Lipinski definition) is 1. The molecule has 2 fully saturated rings. The number of methoxy groups -OCH3 is 2. The van der Waals surface area contributed by atoms with Gasteiger partial charge in [0.25, 0.3) is 5.91 Å². The van der Waals surface area contributed by atoms with Crippen molar-refractivity contribution < 1.29 is 43.2 Å². The number of anilines is 1. The van der Waals surface area contributed by atoms with Gasteiger partial charge in [-0.25, -0.2) is 9.69 Å². The number of amides is 2. The van der Waals surface area contributed by atoms with Crippen LogP contribution in [0.2, 0.25) is 0 Å². The second-order valence-electron chi connectivity index (χ2n) is 9.09. The minimum absolute atomic E-state index is 0.173. The van der Waals surface area contributed by atoms with E-state index in [2.05, 4.69) is 4.74 Å². The molecule has 0 spiro atoms. The van der Waals surface area contributed by atoms with Crippen LogP contribution in [0, 0.1) is 0 Å². The van der Waals surface area contributed by atoms with Crippen molar-refractivity contribution in [2.24, 2.45) is 0 Å². The zero-order chi connectivity index (χ0) is 25.7. The molecule has 3 aliphatic rings. The maximum absolute atomic E-state index is 13.7. The van der Waals surface area contributed by atoms with Crippen LogP contribution in [-0.2, 0) is 19.0 Å². The summed E-state index contributed by atoms with van der Waals surface area (Å²) < 4.78 is 28.1. The molecule has 1 N–H and O–H groups in total. The van der Waals surface area contributed by atoms with Gasteiger partial charge < -0.3 is 33.7 Å². The molecule has 11 heteroatoms. The normalized spacial score (nSPS) is 23.8. The van der Waals surface area contributed by atoms with E-state index in [1.165, 1.54) is 26.4 Å². The van der Waals surface area contributed by atoms with Crippen molar-refractivity contribution in [3.63, 3.8) is 0 Å². The largest absolute Gasteiger partial charge is 0.493 e. The highest BCUT2D eigenvalue weighted by Gasteiger charge is 2.46. The first kappa shape index (κ1) is 26.0. The molecule has 36 heavy (non-hydrogen) atoms. The van der Waals surface area contributed by atoms with Crippen LogP contribution in [0.25, 0.3) is 0 Å². The van der Waals surface area contributed by atoms with E-state index >= 15 is 0 Å². The number of benzene rings is 1. The maximum Gasteiger partial charge on any atom is 0.414 e. The Kier molecular flexibility index (Phi) is 8.52. The molecule has 3 heterocycles. The van der Waals surface area contributed by atoms with Gasteiger partial charge in [-0.1, -0.05) is 0 Å². The Morgan fingerprint density at radius 1 is 1.11 bits per heavy atom. The van der Waals surface area contributed by atoms with Crippen LogP contribution in [0.4, 0.5) is 10.5 Å². The smallest absolute Gasteiger partial charge is 0.414 e. The predicted octanol–water partition coefficient (Wildman–Crippen LogP) is 3.39. The summed E-state index contributed by atoms with van der Waals surface area (Å²) in [6, 6.07) is 2.58. The number of esters is 1. The number of ether oxygens (including phenoxy) is 5. The zero-order valence-electron chi connectivity index (χ0n) is 20.8. The Morgan fingerprint density at radius 2 is 1.92 bits per heavy atom. The summed E-state index contributed by atoms with van der Waals surface area (Å²) in [5.74, 6) is -0.0503. The van der Waals surface area contributed by atoms with E-state index in [0.717, 1.165) is 30.6 Å². The highest BCUT2D eigenvalue weighted by atomic mass is 16.7. The molecule has 0 radical (unpaired) electrons. The van der Waals surface area contributed by atoms with E-state index < -0.39 is 24.7 Å². The minimum atomic E-state index is -1.24. The van der Waals surface area contributed by atoms with Gasteiger partial charge in [0, 0.05) is 25.6 Å². The number of nitrogens with zero attached hydrogens (tertiary/aromatic N) is 2. The standard InChI is InChI=1S/C25H34N2O9/c1-32-19-14-16-18(15-20(19)34-13-7-9-21(28)33-2)27(25(30)31)24(36-22-10-4-6-12-35-22)17-8-3-5-11-26(17)23(16)29/h14-15,17,22,24H,3-13H2,1-2H3,(H,30,31)/t17-,22?,24?/m0/s1. The molecule has 2 unspecified atom stereocenters. The Morgan fingerprint density at radius 3 is 2.61 bits per heavy atom. The lowest BCUT2D eigenvalue weighted by Crippen LogP contribution is -2.57. The van der Waals surface area contributed by atoms with Crippen molar-refractivity contribution in [1.82, 2.24) is 4.90 Å². The predicted molar refractivity (Wildman–Crippen MR) is 127 cm³/mol. The summed E-state index contributed by atoms with van der Waals surface area (Å²) in [7, 11) is 2.77. The monoisotopic (exact) mass is 506 g/mol. The van der Waals surface area contributed by atoms with Crippen molar-refractivity contribution in [3.8, 4) is 11.5 Å². The summed E-state index contributed by atoms with van der Waals surface area (Å²) in [6.07, 6.45) is 2.69. The summed E-state index contributed by atoms with van der Waals surface area (Å²) in [5, 5.41) is 10.4. The third-order valence-corrected chi connectivity index (χ3v) is 6.81. The number of piperidine rings is 1. The first-order valence-electron chi connectivity index (χ1n) is 12.5. The average molecular weight is 507 g/mol. The van der Waals surface area contributed by atoms with Crippen molar-refractivity contribution in [2.45, 2.75) is 69.9 Å². The second kappa shape index (κ2) is 11.8. The quantitative estimate of drug-likeness (QED) is 0.417. The maximum atomic E-state index is 13.7. The lowest BCUT2D eigenvalue weighted by atomic mass is 10.00. The van der Waals surface area contributed by atoms with Crippen LogP contribution < -0.4 is 14.4 Å². The third-order valence-electron chi connectivity index (χ3n) is 6.81. The molecule has 0 bridgehead atoms. The zero-order valence-corrected chi connectivity index (χ0v) is 20.8. The van der Waals surface area contributed by atoms with Gasteiger partial charge in [-0.05, 0) is 51.0 Å². The van der Waals surface area contributed by atoms with Crippen molar-refractivity contribution in [2.75, 3.05) is 38.9 Å². The number of hydrogen-bond acceptors (Lipinski definition) is 8. The third kappa shape index (κ3) is 5.52. The first-order valence-corrected chi connectivity index (χ1v) is 12.5. The van der Waals surface area contributed by atoms with Gasteiger partial charge in [0.15, 0.2) is 24.0 Å². The van der Waals surface area contributed by atoms with Crippen LogP contribution in [0.3, 0.4) is 0 Å². The van der Waals surface area contributed by atoms with Crippen molar-refractivity contribution >= 4 is 23.7 Å². The molecule has 2 saturated heterocycles. The van der Waals surface area contributed by atoms with E-state index in [1.54, 1.807) is 4.90 Å². The Bertz CT molecular complexity index is 963. The van der Waals surface area contributed by atoms with Crippen LogP contribution in [-0.4, -0.2) is 80.5 Å². The Hall–Kier alpha value is -3.05. The average Bonchev–Trinajstić information content (AvgIpc) is 2.99. The fourth-order valence-electron chi connectivity index (χ4n) is 5.00. The molecular formula is C25H34N2O9. The number of carboxylic acid groups (broad SMARTS) is 1. The van der Waals surface area contributed by atoms with Crippen LogP contribution in [0.1, 0.15) is 61.7 Å². The fraction of sp³-hybridized carbons (Fsp3) is 0.640. The van der Waals surface area contributed by atoms with E-state index in [4.69, 9.17) is 18.9 Å². The molecule has 0 saturated carbocycles. The van der Waals surface area contributed by atoms with E-state index in [1.807, 2.05) is 0 Å². The fourth-order valence-corrected chi connectivity index (χ4v) is 5.00. The molecule has 4 rings (SSSR count). The molecule has 0 aliphatic carbocycles. The highest BCUT2D eigenvalue weighted by molar-refractivity contribution is 6.05. The first-order chi connectivity index (χ1) is 17.4. The topological polar surface area (TPSA) is 124 Å². The van der Waals surface area contributed by atoms with E-state index in [9.17, 15) is 19.5 Å². The summed E-state index contributed by atoms with van der Waals surface area (Å²) in [6.45, 7) is 1.24. The molecule has 1 aromatic carbocycles. The highest BCUT2D eigenvalue weighted by Crippen LogP contribution is 2.42. The molecule has 3 aliphatic heterocycles. The lowest BCUT2D eigenvalue weighted by Gasteiger charge is -2.42. The molecular weight excluding hydrogens is 472 g/mol. The van der Waals surface area contributed by atoms with Gasteiger partial charge in [0.1, 0.15) is 0 Å². The van der Waals surface area contributed by atoms with Crippen LogP contribution in [0.15, 0.2) is 12.1 Å². The number of carbonyl (C=O) groups is 3. The number of carbonyl (C=O) groups excluding carboxylic acids is 2. The molecule has 2 amide bonds. The molecule has 0 aromatic heterocycles. The molecule has 3 atom stereocenters. The Labute approximate surface area is 210 Å². The van der Waals surface area contributed by atoms with Gasteiger partial charge in [-0.15, -0.1) is 0 Å². The number of rotatable bonds is 8. The minimum Gasteiger partial charge on any atom is -0.493 e. The van der Waals surface area contributed by atoms with Crippen LogP contribution in [0.5, 0.6) is 11.5 Å². The molecule has 1 aromatic rings. The van der Waals surface area contributed by atoms with Gasteiger partial charge in [0.05, 0.1) is 38.1 Å². The summed E-state index contributed by atoms with van der Waals surface area (Å²) in [5.41, 5.74) is 0.380. The van der Waals surface area contributed by atoms with Crippen LogP contribution >= 0.6 is 0 Å². The molecule has 11 nitrogen and oxygen atoms in total. The van der Waals surface area contributed by atoms with Gasteiger partial charge >= 0.3 is 12.1 Å². The summed E-state index contributed by atoms with van der Waals surface area (Å²) in [4.78, 5) is 40.6. The Balaban J connectivity index is 1.71. The van der Waals surface area contributed by atoms with Gasteiger partial charge in [-0.3, -0.25) is 9.59 Å². The lowest BCUT2D eigenvalue weighted by molar-refractivity contribution is -0.198. The van der Waals surface area contributed by atoms with E-state index in [-0.39, 0.29) is 41.9 Å². The van der Waals surface area contributed by atoms with Gasteiger partial charge in [0.2, 0.25) is 0 Å². The number of fused-ring (bicyclic) bond motifs is 2. The van der Waals surface area contributed by atoms with E-state index in [0.29, 0.717) is 38.2 Å². The molecule has 198 valence electrons.